The molecule has 0 bridgehead atoms. The van der Waals surface area contributed by atoms with Crippen LogP contribution in [0.1, 0.15) is 67.0 Å². The molecule has 5 rings (SSSR count). The average Bonchev–Trinajstić information content (AvgIpc) is 3.47. The minimum atomic E-state index is -1.07. The van der Waals surface area contributed by atoms with Crippen molar-refractivity contribution in [2.24, 2.45) is 5.11 Å². The summed E-state index contributed by atoms with van der Waals surface area (Å²) in [4.78, 5) is 35.9. The number of azide groups is 1. The lowest BCUT2D eigenvalue weighted by molar-refractivity contribution is -0.138. The van der Waals surface area contributed by atoms with E-state index in [4.69, 9.17) is 20.0 Å². The Balaban J connectivity index is 1.09. The maximum atomic E-state index is 15.2. The van der Waals surface area contributed by atoms with E-state index in [-0.39, 0.29) is 24.8 Å². The predicted molar refractivity (Wildman–Crippen MR) is 183 cm³/mol. The van der Waals surface area contributed by atoms with Crippen LogP contribution in [0.25, 0.3) is 10.4 Å². The summed E-state index contributed by atoms with van der Waals surface area (Å²) in [6.07, 6.45) is 6.46. The van der Waals surface area contributed by atoms with Gasteiger partial charge >= 0.3 is 12.0 Å². The molecule has 1 atom stereocenters. The topological polar surface area (TPSA) is 153 Å². The van der Waals surface area contributed by atoms with E-state index in [0.29, 0.717) is 44.8 Å². The fraction of sp³-hybridized carbons (Fsp3) is 0.472. The minimum absolute atomic E-state index is 0.0681. The third-order valence-electron chi connectivity index (χ3n) is 8.83. The summed E-state index contributed by atoms with van der Waals surface area (Å²) in [6.45, 7) is 3.62. The molecule has 1 fully saturated rings. The second-order valence-corrected chi connectivity index (χ2v) is 12.3. The van der Waals surface area contributed by atoms with E-state index in [9.17, 15) is 14.7 Å². The molecule has 13 heteroatoms. The zero-order valence-corrected chi connectivity index (χ0v) is 27.7. The molecule has 1 saturated heterocycles. The Morgan fingerprint density at radius 2 is 1.90 bits per heavy atom. The van der Waals surface area contributed by atoms with Crippen LogP contribution < -0.4 is 14.8 Å². The molecule has 0 spiro atoms. The highest BCUT2D eigenvalue weighted by atomic mass is 19.1. The van der Waals surface area contributed by atoms with E-state index in [1.807, 2.05) is 30.3 Å². The van der Waals surface area contributed by atoms with Crippen LogP contribution >= 0.6 is 0 Å². The molecule has 2 aromatic carbocycles. The highest BCUT2D eigenvalue weighted by molar-refractivity contribution is 5.78. The monoisotopic (exact) mass is 673 g/mol. The number of fused-ring (bicyclic) bond motifs is 1. The quantitative estimate of drug-likeness (QED) is 0.0605. The fourth-order valence-corrected chi connectivity index (χ4v) is 6.20. The van der Waals surface area contributed by atoms with Crippen molar-refractivity contribution >= 4 is 17.8 Å². The van der Waals surface area contributed by atoms with Gasteiger partial charge in [0.1, 0.15) is 11.6 Å². The number of carbonyl (C=O) groups excluding carboxylic acids is 1. The number of aryl methyl sites for hydroxylation is 2. The van der Waals surface area contributed by atoms with Gasteiger partial charge in [-0.15, -0.1) is 0 Å². The molecular weight excluding hydrogens is 629 g/mol. The van der Waals surface area contributed by atoms with E-state index < -0.39 is 17.8 Å². The van der Waals surface area contributed by atoms with E-state index in [2.05, 4.69) is 21.4 Å². The van der Waals surface area contributed by atoms with Crippen LogP contribution in [0.15, 0.2) is 59.7 Å². The number of amides is 2. The standard InChI is InChI=1S/C36H44FN7O5/c37-31-24-28(11-15-33(31)49-23-16-26-8-13-30(14-9-26)48-22-3-1-2-18-40-42-38)32(25-34(45)46)44-21-20-43(36(44)47)19-5-7-29-12-10-27-6-4-17-39-35(27)41-29/h8-15,24,32H,1-7,16-23,25H2,(H,39,41)(H,45,46). The van der Waals surface area contributed by atoms with Gasteiger partial charge in [-0.25, -0.2) is 14.2 Å². The van der Waals surface area contributed by atoms with Crippen molar-refractivity contribution in [3.05, 3.63) is 93.2 Å². The normalized spacial score (nSPS) is 14.5. The first-order valence-electron chi connectivity index (χ1n) is 17.1. The maximum Gasteiger partial charge on any atom is 0.320 e. The number of benzene rings is 2. The van der Waals surface area contributed by atoms with E-state index in [1.54, 1.807) is 11.0 Å². The number of nitrogens with one attached hydrogen (secondary N) is 1. The summed E-state index contributed by atoms with van der Waals surface area (Å²) in [7, 11) is 0. The molecule has 3 heterocycles. The molecule has 49 heavy (non-hydrogen) atoms. The van der Waals surface area contributed by atoms with Crippen LogP contribution in [-0.4, -0.2) is 77.8 Å². The fourth-order valence-electron chi connectivity index (χ4n) is 6.20. The Kier molecular flexibility index (Phi) is 12.9. The Hall–Kier alpha value is -5.03. The largest absolute Gasteiger partial charge is 0.494 e. The Labute approximate surface area is 285 Å². The Morgan fingerprint density at radius 1 is 1.04 bits per heavy atom. The van der Waals surface area contributed by atoms with E-state index >= 15 is 4.39 Å². The summed E-state index contributed by atoms with van der Waals surface area (Å²) in [6, 6.07) is 15.2. The van der Waals surface area contributed by atoms with Gasteiger partial charge in [0.05, 0.1) is 25.7 Å². The van der Waals surface area contributed by atoms with Crippen molar-refractivity contribution < 1.29 is 28.6 Å². The van der Waals surface area contributed by atoms with Gasteiger partial charge < -0.3 is 29.7 Å². The molecule has 1 aromatic heterocycles. The van der Waals surface area contributed by atoms with E-state index in [0.717, 1.165) is 74.3 Å². The number of unbranched alkanes of at least 4 members (excludes halogenated alkanes) is 2. The molecule has 1 unspecified atom stereocenters. The van der Waals surface area contributed by atoms with Crippen LogP contribution in [0.5, 0.6) is 11.5 Å². The zero-order chi connectivity index (χ0) is 34.4. The Bertz CT molecular complexity index is 1620. The summed E-state index contributed by atoms with van der Waals surface area (Å²) in [5, 5.41) is 16.5. The summed E-state index contributed by atoms with van der Waals surface area (Å²) in [5.74, 6) is 0.109. The average molecular weight is 674 g/mol. The summed E-state index contributed by atoms with van der Waals surface area (Å²) >= 11 is 0. The SMILES string of the molecule is [N-]=[N+]=NCCCCCOc1ccc(CCOc2ccc(C(CC(=O)O)N3CCN(CCCc4ccc5c(n4)NCCC5)C3=O)cc2F)cc1. The van der Waals surface area contributed by atoms with Gasteiger partial charge in [0.25, 0.3) is 0 Å². The van der Waals surface area contributed by atoms with Crippen LogP contribution in [-0.2, 0) is 24.1 Å². The number of aromatic nitrogens is 1. The number of hydrogen-bond acceptors (Lipinski definition) is 7. The van der Waals surface area contributed by atoms with Crippen LogP contribution in [0.4, 0.5) is 15.0 Å². The zero-order valence-electron chi connectivity index (χ0n) is 27.7. The third kappa shape index (κ3) is 10.2. The molecular formula is C36H44FN7O5. The number of aliphatic carboxylic acids is 1. The van der Waals surface area contributed by atoms with Gasteiger partial charge in [-0.2, -0.15) is 0 Å². The number of halogens is 1. The summed E-state index contributed by atoms with van der Waals surface area (Å²) in [5.41, 5.74) is 11.9. The first kappa shape index (κ1) is 35.3. The number of hydrogen-bond donors (Lipinski definition) is 2. The Morgan fingerprint density at radius 3 is 2.69 bits per heavy atom. The third-order valence-corrected chi connectivity index (χ3v) is 8.83. The highest BCUT2D eigenvalue weighted by Crippen LogP contribution is 2.31. The second-order valence-electron chi connectivity index (χ2n) is 12.3. The van der Waals surface area contributed by atoms with Crippen LogP contribution in [0.2, 0.25) is 0 Å². The van der Waals surface area contributed by atoms with Crippen molar-refractivity contribution in [2.75, 3.05) is 51.3 Å². The number of rotatable bonds is 19. The molecule has 260 valence electrons. The number of carboxylic acid groups (broad SMARTS) is 1. The van der Waals surface area contributed by atoms with Crippen molar-refractivity contribution in [2.45, 2.75) is 63.8 Å². The van der Waals surface area contributed by atoms with E-state index in [1.165, 1.54) is 22.6 Å². The van der Waals surface area contributed by atoms with Gasteiger partial charge in [0.15, 0.2) is 11.6 Å². The van der Waals surface area contributed by atoms with Crippen molar-refractivity contribution in [3.63, 3.8) is 0 Å². The number of pyridine rings is 1. The van der Waals surface area contributed by atoms with Crippen LogP contribution in [0.3, 0.4) is 0 Å². The molecule has 2 N–H and O–H groups in total. The molecule has 0 radical (unpaired) electrons. The first-order chi connectivity index (χ1) is 23.9. The molecule has 0 saturated carbocycles. The van der Waals surface area contributed by atoms with Gasteiger partial charge in [0.2, 0.25) is 0 Å². The lowest BCUT2D eigenvalue weighted by Gasteiger charge is -2.27. The van der Waals surface area contributed by atoms with Crippen molar-refractivity contribution in [1.29, 1.82) is 0 Å². The molecule has 3 aromatic rings. The lowest BCUT2D eigenvalue weighted by atomic mass is 10.0. The van der Waals surface area contributed by atoms with Gasteiger partial charge in [0, 0.05) is 49.8 Å². The van der Waals surface area contributed by atoms with Gasteiger partial charge in [-0.05, 0) is 97.5 Å². The number of ether oxygens (including phenoxy) is 2. The van der Waals surface area contributed by atoms with Crippen molar-refractivity contribution in [1.82, 2.24) is 14.8 Å². The van der Waals surface area contributed by atoms with Crippen molar-refractivity contribution in [3.8, 4) is 11.5 Å². The predicted octanol–water partition coefficient (Wildman–Crippen LogP) is 6.95. The molecule has 2 aliphatic heterocycles. The lowest BCUT2D eigenvalue weighted by Crippen LogP contribution is -2.36. The number of urea groups is 1. The van der Waals surface area contributed by atoms with Gasteiger partial charge in [-0.1, -0.05) is 29.4 Å². The smallest absolute Gasteiger partial charge is 0.320 e. The molecule has 2 amide bonds. The molecule has 12 nitrogen and oxygen atoms in total. The summed E-state index contributed by atoms with van der Waals surface area (Å²) < 4.78 is 26.7. The number of carboxylic acids is 1. The minimum Gasteiger partial charge on any atom is -0.494 e. The molecule has 2 aliphatic rings. The second kappa shape index (κ2) is 17.9. The number of anilines is 1. The number of nitrogens with zero attached hydrogens (tertiary/aromatic N) is 6. The number of carbonyl (C=O) groups is 2. The molecule has 0 aliphatic carbocycles. The van der Waals surface area contributed by atoms with Gasteiger partial charge in [-0.3, -0.25) is 4.79 Å². The van der Waals surface area contributed by atoms with Crippen LogP contribution in [0, 0.1) is 5.82 Å². The maximum absolute atomic E-state index is 15.2. The highest BCUT2D eigenvalue weighted by Gasteiger charge is 2.35. The first-order valence-corrected chi connectivity index (χ1v) is 17.1.